The second-order valence-electron chi connectivity index (χ2n) is 6.16. The highest BCUT2D eigenvalue weighted by Gasteiger charge is 2.29. The number of nitrogens with one attached hydrogen (secondary N) is 1. The molecule has 0 aliphatic carbocycles. The average Bonchev–Trinajstić information content (AvgIpc) is 2.25. The van der Waals surface area contributed by atoms with E-state index in [-0.39, 0.29) is 17.2 Å². The Morgan fingerprint density at radius 2 is 1.89 bits per heavy atom. The summed E-state index contributed by atoms with van der Waals surface area (Å²) < 4.78 is 0. The molecule has 0 saturated carbocycles. The van der Waals surface area contributed by atoms with Gasteiger partial charge in [-0.2, -0.15) is 0 Å². The van der Waals surface area contributed by atoms with Crippen LogP contribution >= 0.6 is 0 Å². The molecule has 1 rings (SSSR count). The number of hydrogen-bond acceptors (Lipinski definition) is 1. The first kappa shape index (κ1) is 14.7. The lowest BCUT2D eigenvalue weighted by atomic mass is 9.73. The van der Waals surface area contributed by atoms with Crippen molar-refractivity contribution in [3.8, 4) is 0 Å². The van der Waals surface area contributed by atoms with E-state index in [4.69, 9.17) is 0 Å². The van der Waals surface area contributed by atoms with Gasteiger partial charge in [-0.1, -0.05) is 44.5 Å². The molecule has 2 nitrogen and oxygen atoms in total. The van der Waals surface area contributed by atoms with Gasteiger partial charge in [-0.25, -0.2) is 0 Å². The molecule has 0 aliphatic rings. The molecule has 0 radical (unpaired) electrons. The van der Waals surface area contributed by atoms with E-state index in [1.165, 1.54) is 16.7 Å². The number of hydrogen-bond donors (Lipinski definition) is 1. The van der Waals surface area contributed by atoms with Crippen molar-refractivity contribution in [1.29, 1.82) is 0 Å². The molecule has 0 bridgehead atoms. The quantitative estimate of drug-likeness (QED) is 0.869. The second-order valence-corrected chi connectivity index (χ2v) is 6.16. The van der Waals surface area contributed by atoms with Gasteiger partial charge in [-0.05, 0) is 36.3 Å². The summed E-state index contributed by atoms with van der Waals surface area (Å²) in [6, 6.07) is 6.49. The molecule has 18 heavy (non-hydrogen) atoms. The summed E-state index contributed by atoms with van der Waals surface area (Å²) in [5, 5.41) is 2.73. The Labute approximate surface area is 111 Å². The fourth-order valence-corrected chi connectivity index (χ4v) is 2.39. The fourth-order valence-electron chi connectivity index (χ4n) is 2.39. The Morgan fingerprint density at radius 3 is 2.33 bits per heavy atom. The summed E-state index contributed by atoms with van der Waals surface area (Å²) in [6.45, 7) is 10.8. The van der Waals surface area contributed by atoms with E-state index in [0.717, 1.165) is 0 Å². The largest absolute Gasteiger partial charge is 0.359 e. The monoisotopic (exact) mass is 247 g/mol. The molecule has 1 aromatic rings. The Bertz CT molecular complexity index is 429. The number of aryl methyl sites for hydroxylation is 2. The number of amides is 1. The Kier molecular flexibility index (Phi) is 4.55. The van der Waals surface area contributed by atoms with Crippen LogP contribution in [0.15, 0.2) is 18.2 Å². The van der Waals surface area contributed by atoms with Gasteiger partial charge in [0.15, 0.2) is 0 Å². The van der Waals surface area contributed by atoms with Crippen LogP contribution in [0.25, 0.3) is 0 Å². The van der Waals surface area contributed by atoms with Crippen LogP contribution in [0, 0.1) is 19.3 Å². The molecule has 100 valence electrons. The molecule has 1 N–H and O–H groups in total. The standard InChI is InChI=1S/C16H25NO/c1-11-7-8-13(12(2)9-11)14(16(3,4)5)10-15(18)17-6/h7-9,14H,10H2,1-6H3,(H,17,18). The van der Waals surface area contributed by atoms with E-state index < -0.39 is 0 Å². The SMILES string of the molecule is CNC(=O)CC(c1ccc(C)cc1C)C(C)(C)C. The Balaban J connectivity index is 3.14. The van der Waals surface area contributed by atoms with Crippen molar-refractivity contribution in [1.82, 2.24) is 5.32 Å². The van der Waals surface area contributed by atoms with E-state index in [1.54, 1.807) is 7.05 Å². The molecule has 0 spiro atoms. The van der Waals surface area contributed by atoms with Crippen LogP contribution in [-0.4, -0.2) is 13.0 Å². The highest BCUT2D eigenvalue weighted by molar-refractivity contribution is 5.76. The van der Waals surface area contributed by atoms with E-state index >= 15 is 0 Å². The highest BCUT2D eigenvalue weighted by atomic mass is 16.1. The predicted molar refractivity (Wildman–Crippen MR) is 76.8 cm³/mol. The van der Waals surface area contributed by atoms with Crippen molar-refractivity contribution in [3.05, 3.63) is 34.9 Å². The summed E-state index contributed by atoms with van der Waals surface area (Å²) in [6.07, 6.45) is 0.546. The smallest absolute Gasteiger partial charge is 0.220 e. The van der Waals surface area contributed by atoms with Crippen LogP contribution < -0.4 is 5.32 Å². The van der Waals surface area contributed by atoms with Gasteiger partial charge >= 0.3 is 0 Å². The molecule has 1 amide bonds. The van der Waals surface area contributed by atoms with Gasteiger partial charge in [0.25, 0.3) is 0 Å². The molecule has 1 aromatic carbocycles. The number of carbonyl (C=O) groups excluding carboxylic acids is 1. The van der Waals surface area contributed by atoms with Crippen molar-refractivity contribution in [2.45, 2.75) is 47.0 Å². The van der Waals surface area contributed by atoms with Gasteiger partial charge in [0.1, 0.15) is 0 Å². The zero-order chi connectivity index (χ0) is 13.9. The first-order valence-electron chi connectivity index (χ1n) is 6.53. The van der Waals surface area contributed by atoms with E-state index in [2.05, 4.69) is 58.1 Å². The van der Waals surface area contributed by atoms with Crippen LogP contribution in [0.5, 0.6) is 0 Å². The van der Waals surface area contributed by atoms with Crippen LogP contribution in [0.4, 0.5) is 0 Å². The van der Waals surface area contributed by atoms with Crippen LogP contribution in [0.2, 0.25) is 0 Å². The molecule has 0 heterocycles. The zero-order valence-corrected chi connectivity index (χ0v) is 12.4. The molecule has 0 aromatic heterocycles. The molecule has 2 heteroatoms. The topological polar surface area (TPSA) is 29.1 Å². The third-order valence-electron chi connectivity index (χ3n) is 3.51. The summed E-state index contributed by atoms with van der Waals surface area (Å²) in [7, 11) is 1.70. The van der Waals surface area contributed by atoms with Gasteiger partial charge in [-0.15, -0.1) is 0 Å². The average molecular weight is 247 g/mol. The van der Waals surface area contributed by atoms with Gasteiger partial charge in [0.05, 0.1) is 0 Å². The minimum absolute atomic E-state index is 0.0759. The molecule has 1 unspecified atom stereocenters. The molecular weight excluding hydrogens is 222 g/mol. The van der Waals surface area contributed by atoms with Gasteiger partial charge in [-0.3, -0.25) is 4.79 Å². The van der Waals surface area contributed by atoms with Crippen molar-refractivity contribution in [2.24, 2.45) is 5.41 Å². The van der Waals surface area contributed by atoms with Crippen molar-refractivity contribution < 1.29 is 4.79 Å². The van der Waals surface area contributed by atoms with Crippen molar-refractivity contribution in [3.63, 3.8) is 0 Å². The normalized spacial score (nSPS) is 13.2. The summed E-state index contributed by atoms with van der Waals surface area (Å²) in [5.74, 6) is 0.355. The van der Waals surface area contributed by atoms with Crippen LogP contribution in [-0.2, 0) is 4.79 Å². The maximum atomic E-state index is 11.7. The minimum Gasteiger partial charge on any atom is -0.359 e. The van der Waals surface area contributed by atoms with Crippen molar-refractivity contribution >= 4 is 5.91 Å². The lowest BCUT2D eigenvalue weighted by Crippen LogP contribution is -2.27. The molecule has 0 fully saturated rings. The van der Waals surface area contributed by atoms with Gasteiger partial charge < -0.3 is 5.32 Å². The van der Waals surface area contributed by atoms with Crippen LogP contribution in [0.3, 0.4) is 0 Å². The third kappa shape index (κ3) is 3.59. The lowest BCUT2D eigenvalue weighted by molar-refractivity contribution is -0.121. The molecule has 1 atom stereocenters. The van der Waals surface area contributed by atoms with Gasteiger partial charge in [0, 0.05) is 13.5 Å². The summed E-state index contributed by atoms with van der Waals surface area (Å²) in [5.41, 5.74) is 3.91. The number of carbonyl (C=O) groups is 1. The predicted octanol–water partition coefficient (Wildman–Crippen LogP) is 3.57. The second kappa shape index (κ2) is 5.55. The first-order chi connectivity index (χ1) is 8.25. The van der Waals surface area contributed by atoms with E-state index in [9.17, 15) is 4.79 Å². The zero-order valence-electron chi connectivity index (χ0n) is 12.4. The van der Waals surface area contributed by atoms with Crippen molar-refractivity contribution in [2.75, 3.05) is 7.05 Å². The highest BCUT2D eigenvalue weighted by Crippen LogP contribution is 2.39. The Hall–Kier alpha value is -1.31. The van der Waals surface area contributed by atoms with Crippen LogP contribution in [0.1, 0.15) is 49.8 Å². The molecular formula is C16H25NO. The Morgan fingerprint density at radius 1 is 1.28 bits per heavy atom. The maximum Gasteiger partial charge on any atom is 0.220 e. The summed E-state index contributed by atoms with van der Waals surface area (Å²) >= 11 is 0. The molecule has 0 saturated heterocycles. The van der Waals surface area contributed by atoms with E-state index in [0.29, 0.717) is 6.42 Å². The van der Waals surface area contributed by atoms with Gasteiger partial charge in [0.2, 0.25) is 5.91 Å². The third-order valence-corrected chi connectivity index (χ3v) is 3.51. The number of benzene rings is 1. The fraction of sp³-hybridized carbons (Fsp3) is 0.562. The number of rotatable bonds is 3. The minimum atomic E-state index is 0.0759. The summed E-state index contributed by atoms with van der Waals surface area (Å²) in [4.78, 5) is 11.7. The molecule has 0 aliphatic heterocycles. The first-order valence-corrected chi connectivity index (χ1v) is 6.53. The van der Waals surface area contributed by atoms with E-state index in [1.807, 2.05) is 0 Å². The maximum absolute atomic E-state index is 11.7. The lowest BCUT2D eigenvalue weighted by Gasteiger charge is -2.32.